The Bertz CT molecular complexity index is 1260. The molecule has 0 saturated heterocycles. The highest BCUT2D eigenvalue weighted by atomic mass is 35.5. The molecule has 0 saturated carbocycles. The van der Waals surface area contributed by atoms with E-state index in [1.54, 1.807) is 42.5 Å². The fraction of sp³-hybridized carbons (Fsp3) is 0.130. The smallest absolute Gasteiger partial charge is 0.246 e. The number of ketones is 1. The van der Waals surface area contributed by atoms with Gasteiger partial charge in [-0.1, -0.05) is 54.1 Å². The van der Waals surface area contributed by atoms with Gasteiger partial charge in [-0.25, -0.2) is 12.8 Å². The van der Waals surface area contributed by atoms with Gasteiger partial charge in [-0.05, 0) is 42.8 Å². The second kappa shape index (κ2) is 10.0. The SMILES string of the molecule is CC(=O)c1cccc(NC(=O)CN(Cc2ccccc2Cl)S(=O)(=O)c2ccccc2F)c1. The lowest BCUT2D eigenvalue weighted by Crippen LogP contribution is -2.38. The third-order valence-corrected chi connectivity index (χ3v) is 6.83. The van der Waals surface area contributed by atoms with E-state index in [4.69, 9.17) is 11.6 Å². The van der Waals surface area contributed by atoms with Crippen molar-refractivity contribution in [2.45, 2.75) is 18.4 Å². The second-order valence-electron chi connectivity index (χ2n) is 6.98. The number of anilines is 1. The first-order chi connectivity index (χ1) is 15.2. The lowest BCUT2D eigenvalue weighted by Gasteiger charge is -2.22. The van der Waals surface area contributed by atoms with Crippen LogP contribution in [0.5, 0.6) is 0 Å². The number of amides is 1. The minimum Gasteiger partial charge on any atom is -0.325 e. The van der Waals surface area contributed by atoms with E-state index >= 15 is 0 Å². The lowest BCUT2D eigenvalue weighted by molar-refractivity contribution is -0.116. The summed E-state index contributed by atoms with van der Waals surface area (Å²) >= 11 is 6.18. The molecule has 166 valence electrons. The van der Waals surface area contributed by atoms with Gasteiger partial charge in [0, 0.05) is 22.8 Å². The lowest BCUT2D eigenvalue weighted by atomic mass is 10.1. The van der Waals surface area contributed by atoms with Gasteiger partial charge in [-0.15, -0.1) is 0 Å². The van der Waals surface area contributed by atoms with Gasteiger partial charge in [0.2, 0.25) is 15.9 Å². The first-order valence-electron chi connectivity index (χ1n) is 9.57. The number of carbonyl (C=O) groups is 2. The second-order valence-corrected chi connectivity index (χ2v) is 9.29. The van der Waals surface area contributed by atoms with Crippen molar-refractivity contribution < 1.29 is 22.4 Å². The van der Waals surface area contributed by atoms with Crippen molar-refractivity contribution in [2.24, 2.45) is 0 Å². The Morgan fingerprint density at radius 3 is 2.38 bits per heavy atom. The van der Waals surface area contributed by atoms with E-state index in [2.05, 4.69) is 5.32 Å². The molecule has 1 N–H and O–H groups in total. The number of hydrogen-bond acceptors (Lipinski definition) is 4. The number of halogens is 2. The third-order valence-electron chi connectivity index (χ3n) is 4.63. The van der Waals surface area contributed by atoms with Crippen LogP contribution in [0.4, 0.5) is 10.1 Å². The molecule has 0 spiro atoms. The van der Waals surface area contributed by atoms with Crippen LogP contribution in [0.3, 0.4) is 0 Å². The standard InChI is InChI=1S/C23H20ClFN2O4S/c1-16(28)17-8-6-9-19(13-17)26-23(29)15-27(14-18-7-2-3-10-20(18)24)32(30,31)22-12-5-4-11-21(22)25/h2-13H,14-15H2,1H3,(H,26,29). The van der Waals surface area contributed by atoms with Gasteiger partial charge in [-0.3, -0.25) is 9.59 Å². The number of Topliss-reactive ketones (excluding diaryl/α,β-unsaturated/α-hetero) is 1. The Hall–Kier alpha value is -3.07. The molecule has 0 aliphatic heterocycles. The molecular weight excluding hydrogens is 455 g/mol. The molecule has 0 heterocycles. The number of sulfonamides is 1. The number of nitrogens with zero attached hydrogens (tertiary/aromatic N) is 1. The molecule has 0 atom stereocenters. The molecule has 0 aliphatic rings. The molecule has 0 bridgehead atoms. The Morgan fingerprint density at radius 1 is 1.00 bits per heavy atom. The summed E-state index contributed by atoms with van der Waals surface area (Å²) in [6, 6.07) is 17.8. The maximum Gasteiger partial charge on any atom is 0.246 e. The van der Waals surface area contributed by atoms with Gasteiger partial charge in [0.1, 0.15) is 10.7 Å². The minimum atomic E-state index is -4.37. The molecule has 0 unspecified atom stereocenters. The van der Waals surface area contributed by atoms with Crippen LogP contribution in [0.2, 0.25) is 5.02 Å². The Balaban J connectivity index is 1.91. The molecule has 0 aliphatic carbocycles. The predicted molar refractivity (Wildman–Crippen MR) is 121 cm³/mol. The molecule has 3 rings (SSSR count). The summed E-state index contributed by atoms with van der Waals surface area (Å²) in [5.41, 5.74) is 1.19. The zero-order valence-electron chi connectivity index (χ0n) is 17.1. The quantitative estimate of drug-likeness (QED) is 0.487. The van der Waals surface area contributed by atoms with E-state index in [9.17, 15) is 22.4 Å². The third kappa shape index (κ3) is 5.59. The molecular formula is C23H20ClFN2O4S. The summed E-state index contributed by atoms with van der Waals surface area (Å²) in [5, 5.41) is 2.90. The van der Waals surface area contributed by atoms with Gasteiger partial charge in [0.25, 0.3) is 0 Å². The summed E-state index contributed by atoms with van der Waals surface area (Å²) in [4.78, 5) is 23.7. The predicted octanol–water partition coefficient (Wildman–Crippen LogP) is 4.51. The average molecular weight is 475 g/mol. The topological polar surface area (TPSA) is 83.6 Å². The van der Waals surface area contributed by atoms with Gasteiger partial charge in [-0.2, -0.15) is 4.31 Å². The van der Waals surface area contributed by atoms with Gasteiger partial charge in [0.15, 0.2) is 5.78 Å². The molecule has 3 aromatic carbocycles. The normalized spacial score (nSPS) is 11.4. The average Bonchev–Trinajstić information content (AvgIpc) is 2.75. The fourth-order valence-corrected chi connectivity index (χ4v) is 4.65. The molecule has 6 nitrogen and oxygen atoms in total. The van der Waals surface area contributed by atoms with Crippen LogP contribution in [-0.2, 0) is 21.4 Å². The highest BCUT2D eigenvalue weighted by Crippen LogP contribution is 2.24. The van der Waals surface area contributed by atoms with Crippen molar-refractivity contribution in [3.05, 3.63) is 94.8 Å². The van der Waals surface area contributed by atoms with Crippen LogP contribution in [0.15, 0.2) is 77.7 Å². The molecule has 1 amide bonds. The summed E-state index contributed by atoms with van der Waals surface area (Å²) < 4.78 is 41.6. The summed E-state index contributed by atoms with van der Waals surface area (Å²) in [7, 11) is -4.37. The minimum absolute atomic E-state index is 0.177. The van der Waals surface area contributed by atoms with Crippen molar-refractivity contribution in [3.63, 3.8) is 0 Å². The number of rotatable bonds is 8. The molecule has 0 radical (unpaired) electrons. The van der Waals surface area contributed by atoms with E-state index in [1.807, 2.05) is 0 Å². The molecule has 32 heavy (non-hydrogen) atoms. The zero-order chi connectivity index (χ0) is 23.3. The molecule has 0 fully saturated rings. The van der Waals surface area contributed by atoms with Crippen molar-refractivity contribution in [1.82, 2.24) is 4.31 Å². The monoisotopic (exact) mass is 474 g/mol. The van der Waals surface area contributed by atoms with E-state index in [0.717, 1.165) is 16.4 Å². The van der Waals surface area contributed by atoms with Crippen LogP contribution in [-0.4, -0.2) is 31.0 Å². The van der Waals surface area contributed by atoms with Crippen LogP contribution >= 0.6 is 11.6 Å². The molecule has 3 aromatic rings. The van der Waals surface area contributed by atoms with Crippen molar-refractivity contribution in [2.75, 3.05) is 11.9 Å². The largest absolute Gasteiger partial charge is 0.325 e. The summed E-state index contributed by atoms with van der Waals surface area (Å²) in [6.07, 6.45) is 0. The number of hydrogen-bond donors (Lipinski definition) is 1. The van der Waals surface area contributed by atoms with Crippen LogP contribution in [0.1, 0.15) is 22.8 Å². The van der Waals surface area contributed by atoms with Crippen LogP contribution in [0, 0.1) is 5.82 Å². The van der Waals surface area contributed by atoms with E-state index in [-0.39, 0.29) is 12.3 Å². The summed E-state index contributed by atoms with van der Waals surface area (Å²) in [6.45, 7) is 0.566. The van der Waals surface area contributed by atoms with E-state index < -0.39 is 33.2 Å². The van der Waals surface area contributed by atoms with E-state index in [0.29, 0.717) is 21.8 Å². The van der Waals surface area contributed by atoms with Crippen molar-refractivity contribution in [1.29, 1.82) is 0 Å². The van der Waals surface area contributed by atoms with E-state index in [1.165, 1.54) is 25.1 Å². The highest BCUT2D eigenvalue weighted by Gasteiger charge is 2.30. The number of benzene rings is 3. The van der Waals surface area contributed by atoms with Crippen molar-refractivity contribution >= 4 is 39.0 Å². The molecule has 9 heteroatoms. The zero-order valence-corrected chi connectivity index (χ0v) is 18.7. The number of nitrogens with one attached hydrogen (secondary N) is 1. The summed E-state index contributed by atoms with van der Waals surface area (Å²) in [5.74, 6) is -1.76. The van der Waals surface area contributed by atoms with Crippen molar-refractivity contribution in [3.8, 4) is 0 Å². The fourth-order valence-electron chi connectivity index (χ4n) is 3.01. The molecule has 0 aromatic heterocycles. The van der Waals surface area contributed by atoms with Crippen LogP contribution < -0.4 is 5.32 Å². The Labute approximate surface area is 190 Å². The number of carbonyl (C=O) groups excluding carboxylic acids is 2. The maximum atomic E-state index is 14.3. The Kier molecular flexibility index (Phi) is 7.40. The van der Waals surface area contributed by atoms with Gasteiger partial charge in [0.05, 0.1) is 6.54 Å². The van der Waals surface area contributed by atoms with Crippen LogP contribution in [0.25, 0.3) is 0 Å². The highest BCUT2D eigenvalue weighted by molar-refractivity contribution is 7.89. The van der Waals surface area contributed by atoms with Gasteiger partial charge >= 0.3 is 0 Å². The van der Waals surface area contributed by atoms with Gasteiger partial charge < -0.3 is 5.32 Å². The Morgan fingerprint density at radius 2 is 1.69 bits per heavy atom. The first kappa shape index (κ1) is 23.6. The first-order valence-corrected chi connectivity index (χ1v) is 11.4. The maximum absolute atomic E-state index is 14.3.